The van der Waals surface area contributed by atoms with Gasteiger partial charge in [0.2, 0.25) is 5.89 Å². The van der Waals surface area contributed by atoms with E-state index >= 15 is 0 Å². The van der Waals surface area contributed by atoms with E-state index in [1.54, 1.807) is 31.6 Å². The zero-order valence-corrected chi connectivity index (χ0v) is 20.8. The Morgan fingerprint density at radius 3 is 2.51 bits per heavy atom. The van der Waals surface area contributed by atoms with Gasteiger partial charge in [0, 0.05) is 43.2 Å². The second-order valence-corrected chi connectivity index (χ2v) is 9.26. The summed E-state index contributed by atoms with van der Waals surface area (Å²) in [5, 5.41) is 2.87. The summed E-state index contributed by atoms with van der Waals surface area (Å²) in [5.41, 5.74) is 3.12. The maximum atomic E-state index is 12.2. The molecule has 0 bridgehead atoms. The van der Waals surface area contributed by atoms with Crippen LogP contribution in [0.15, 0.2) is 53.2 Å². The van der Waals surface area contributed by atoms with Gasteiger partial charge in [0.05, 0.1) is 6.61 Å². The van der Waals surface area contributed by atoms with Gasteiger partial charge in [-0.2, -0.15) is 0 Å². The van der Waals surface area contributed by atoms with Crippen molar-refractivity contribution in [2.24, 2.45) is 0 Å². The van der Waals surface area contributed by atoms with Gasteiger partial charge in [-0.3, -0.25) is 9.78 Å². The van der Waals surface area contributed by atoms with Gasteiger partial charge in [-0.15, -0.1) is 0 Å². The van der Waals surface area contributed by atoms with E-state index in [9.17, 15) is 4.79 Å². The van der Waals surface area contributed by atoms with Crippen molar-refractivity contribution in [2.75, 3.05) is 20.2 Å². The maximum Gasteiger partial charge on any atom is 0.251 e. The Morgan fingerprint density at radius 2 is 1.86 bits per heavy atom. The van der Waals surface area contributed by atoms with Crippen molar-refractivity contribution in [3.8, 4) is 11.5 Å². The van der Waals surface area contributed by atoms with E-state index in [2.05, 4.69) is 20.2 Å². The van der Waals surface area contributed by atoms with Crippen LogP contribution < -0.4 is 5.32 Å². The molecule has 0 radical (unpaired) electrons. The van der Waals surface area contributed by atoms with Gasteiger partial charge in [0.1, 0.15) is 11.5 Å². The van der Waals surface area contributed by atoms with Crippen molar-refractivity contribution in [1.82, 2.24) is 20.2 Å². The standard InChI is InChI=1S/C19H19N3O3.C9H17N/c1-13-17(12-24-2)22-19(25-13)16-7-5-15(6-8-16)18(23)21-11-14-4-3-9-20-10-14;1-2-6-9(5-1)10-7-3-4-8-10/h3-10H,11-12H2,1-2H3,(H,21,23);9H,1-8H2. The number of oxazole rings is 1. The number of likely N-dealkylation sites (tertiary alicyclic amines) is 1. The summed E-state index contributed by atoms with van der Waals surface area (Å²) in [4.78, 5) is 23.4. The first-order valence-corrected chi connectivity index (χ1v) is 12.6. The number of pyridine rings is 1. The Labute approximate surface area is 207 Å². The molecule has 2 aromatic heterocycles. The number of hydrogen-bond acceptors (Lipinski definition) is 6. The van der Waals surface area contributed by atoms with Gasteiger partial charge in [0.25, 0.3) is 5.91 Å². The molecule has 3 aromatic rings. The van der Waals surface area contributed by atoms with Crippen molar-refractivity contribution in [1.29, 1.82) is 0 Å². The summed E-state index contributed by atoms with van der Waals surface area (Å²) in [7, 11) is 1.62. The summed E-state index contributed by atoms with van der Waals surface area (Å²) in [6.45, 7) is 5.48. The van der Waals surface area contributed by atoms with E-state index in [1.165, 1.54) is 51.6 Å². The highest BCUT2D eigenvalue weighted by atomic mass is 16.5. The third-order valence-corrected chi connectivity index (χ3v) is 6.73. The predicted octanol–water partition coefficient (Wildman–Crippen LogP) is 5.15. The maximum absolute atomic E-state index is 12.2. The molecule has 5 rings (SSSR count). The number of aromatic nitrogens is 2. The number of amides is 1. The molecule has 1 aliphatic carbocycles. The first-order valence-electron chi connectivity index (χ1n) is 12.6. The lowest BCUT2D eigenvalue weighted by Gasteiger charge is -2.22. The molecule has 1 aromatic carbocycles. The average Bonchev–Trinajstić information content (AvgIpc) is 3.67. The normalized spacial score (nSPS) is 16.2. The van der Waals surface area contributed by atoms with E-state index in [-0.39, 0.29) is 5.91 Å². The van der Waals surface area contributed by atoms with E-state index < -0.39 is 0 Å². The summed E-state index contributed by atoms with van der Waals surface area (Å²) in [5.74, 6) is 1.11. The first kappa shape index (κ1) is 25.1. The van der Waals surface area contributed by atoms with Crippen LogP contribution >= 0.6 is 0 Å². The van der Waals surface area contributed by atoms with Crippen LogP contribution in [-0.2, 0) is 17.9 Å². The van der Waals surface area contributed by atoms with Gasteiger partial charge in [-0.1, -0.05) is 18.9 Å². The average molecular weight is 477 g/mol. The monoisotopic (exact) mass is 476 g/mol. The summed E-state index contributed by atoms with van der Waals surface area (Å²) < 4.78 is 10.8. The molecule has 1 aliphatic heterocycles. The lowest BCUT2D eigenvalue weighted by atomic mass is 10.1. The minimum Gasteiger partial charge on any atom is -0.441 e. The summed E-state index contributed by atoms with van der Waals surface area (Å²) in [6, 6.07) is 11.9. The van der Waals surface area contributed by atoms with Crippen LogP contribution in [0.3, 0.4) is 0 Å². The van der Waals surface area contributed by atoms with Crippen LogP contribution in [-0.4, -0.2) is 47.0 Å². The molecule has 2 fully saturated rings. The minimum absolute atomic E-state index is 0.140. The van der Waals surface area contributed by atoms with Crippen LogP contribution in [0.2, 0.25) is 0 Å². The Kier molecular flexibility index (Phi) is 9.03. The zero-order valence-electron chi connectivity index (χ0n) is 20.8. The second-order valence-electron chi connectivity index (χ2n) is 9.26. The molecular weight excluding hydrogens is 440 g/mol. The van der Waals surface area contributed by atoms with Crippen LogP contribution in [0.4, 0.5) is 0 Å². The van der Waals surface area contributed by atoms with E-state index in [0.717, 1.165) is 28.6 Å². The third-order valence-electron chi connectivity index (χ3n) is 6.73. The van der Waals surface area contributed by atoms with Gasteiger partial charge < -0.3 is 19.4 Å². The highest BCUT2D eigenvalue weighted by molar-refractivity contribution is 5.94. The van der Waals surface area contributed by atoms with E-state index in [1.807, 2.05) is 31.2 Å². The largest absolute Gasteiger partial charge is 0.441 e. The third kappa shape index (κ3) is 6.99. The smallest absolute Gasteiger partial charge is 0.251 e. The van der Waals surface area contributed by atoms with E-state index in [4.69, 9.17) is 9.15 Å². The highest BCUT2D eigenvalue weighted by Crippen LogP contribution is 2.26. The summed E-state index contributed by atoms with van der Waals surface area (Å²) >= 11 is 0. The second kappa shape index (κ2) is 12.6. The van der Waals surface area contributed by atoms with Gasteiger partial charge in [-0.25, -0.2) is 4.98 Å². The zero-order chi connectivity index (χ0) is 24.5. The number of carbonyl (C=O) groups excluding carboxylic acids is 1. The number of rotatable bonds is 7. The molecule has 186 valence electrons. The molecule has 3 heterocycles. The lowest BCUT2D eigenvalue weighted by molar-refractivity contribution is 0.0951. The molecule has 7 nitrogen and oxygen atoms in total. The van der Waals surface area contributed by atoms with Crippen LogP contribution in [0.25, 0.3) is 11.5 Å². The number of hydrogen-bond donors (Lipinski definition) is 1. The molecule has 1 N–H and O–H groups in total. The number of carbonyl (C=O) groups is 1. The Morgan fingerprint density at radius 1 is 1.11 bits per heavy atom. The minimum atomic E-state index is -0.140. The van der Waals surface area contributed by atoms with Gasteiger partial charge >= 0.3 is 0 Å². The molecule has 0 atom stereocenters. The molecule has 1 amide bonds. The number of nitrogens with zero attached hydrogens (tertiary/aromatic N) is 3. The fraction of sp³-hybridized carbons (Fsp3) is 0.464. The SMILES string of the molecule is C1CCC(N2CCCC2)C1.COCc1nc(-c2ccc(C(=O)NCc3cccnc3)cc2)oc1C. The first-order chi connectivity index (χ1) is 17.1. The summed E-state index contributed by atoms with van der Waals surface area (Å²) in [6.07, 6.45) is 12.3. The number of methoxy groups -OCH3 is 1. The Hall–Kier alpha value is -3.03. The van der Waals surface area contributed by atoms with Crippen LogP contribution in [0.1, 0.15) is 65.9 Å². The molecule has 1 saturated heterocycles. The molecular formula is C28H36N4O3. The van der Waals surface area contributed by atoms with Crippen molar-refractivity contribution in [2.45, 2.75) is 64.6 Å². The molecule has 2 aliphatic rings. The van der Waals surface area contributed by atoms with Crippen LogP contribution in [0.5, 0.6) is 0 Å². The van der Waals surface area contributed by atoms with Crippen molar-refractivity contribution < 1.29 is 13.9 Å². The Balaban J connectivity index is 0.000000239. The molecule has 0 spiro atoms. The fourth-order valence-electron chi connectivity index (χ4n) is 4.75. The highest BCUT2D eigenvalue weighted by Gasteiger charge is 2.24. The van der Waals surface area contributed by atoms with E-state index in [0.29, 0.717) is 24.6 Å². The molecule has 1 saturated carbocycles. The van der Waals surface area contributed by atoms with Crippen molar-refractivity contribution in [3.05, 3.63) is 71.4 Å². The quantitative estimate of drug-likeness (QED) is 0.508. The van der Waals surface area contributed by atoms with Crippen molar-refractivity contribution in [3.63, 3.8) is 0 Å². The molecule has 7 heteroatoms. The number of aryl methyl sites for hydroxylation is 1. The lowest BCUT2D eigenvalue weighted by Crippen LogP contribution is -2.29. The van der Waals surface area contributed by atoms with Crippen molar-refractivity contribution >= 4 is 5.91 Å². The molecule has 0 unspecified atom stereocenters. The number of benzene rings is 1. The van der Waals surface area contributed by atoms with Gasteiger partial charge in [0.15, 0.2) is 0 Å². The predicted molar refractivity (Wildman–Crippen MR) is 136 cm³/mol. The van der Waals surface area contributed by atoms with Gasteiger partial charge in [-0.05, 0) is 81.6 Å². The fourth-order valence-corrected chi connectivity index (χ4v) is 4.75. The van der Waals surface area contributed by atoms with Crippen LogP contribution in [0, 0.1) is 6.92 Å². The number of ether oxygens (including phenoxy) is 1. The number of nitrogens with one attached hydrogen (secondary N) is 1. The Bertz CT molecular complexity index is 1040. The molecule has 35 heavy (non-hydrogen) atoms. The topological polar surface area (TPSA) is 80.5 Å².